The van der Waals surface area contributed by atoms with E-state index < -0.39 is 6.03 Å². The molecule has 7 heavy (non-hydrogen) atoms. The third-order valence-electron chi connectivity index (χ3n) is 0.399. The van der Waals surface area contributed by atoms with Crippen LogP contribution in [-0.2, 0) is 0 Å². The maximum atomic E-state index is 9.76. The van der Waals surface area contributed by atoms with Crippen molar-refractivity contribution in [3.63, 3.8) is 0 Å². The van der Waals surface area contributed by atoms with Gasteiger partial charge in [0.25, 0.3) is 0 Å². The van der Waals surface area contributed by atoms with E-state index in [1.165, 1.54) is 0 Å². The van der Waals surface area contributed by atoms with Crippen LogP contribution in [-0.4, -0.2) is 16.3 Å². The fraction of sp³-hybridized carbons (Fsp3) is 0. The number of nitrogens with zero attached hydrogens (tertiary/aromatic N) is 1. The second kappa shape index (κ2) is 2.20. The summed E-state index contributed by atoms with van der Waals surface area (Å²) in [5.74, 6) is 0. The maximum Gasteiger partial charge on any atom is 0.342 e. The standard InChI is InChI=1S/C3H6N2O2/c1-2-5(7)3(4)6/h2,7H,1H2,(H2,4,6). The first-order valence-electron chi connectivity index (χ1n) is 1.58. The van der Waals surface area contributed by atoms with Gasteiger partial charge in [-0.05, 0) is 0 Å². The lowest BCUT2D eigenvalue weighted by Crippen LogP contribution is -2.27. The van der Waals surface area contributed by atoms with Crippen molar-refractivity contribution < 1.29 is 10.0 Å². The molecule has 0 spiro atoms. The van der Waals surface area contributed by atoms with Crippen LogP contribution in [0.25, 0.3) is 0 Å². The number of amides is 2. The summed E-state index contributed by atoms with van der Waals surface area (Å²) in [4.78, 5) is 9.76. The number of hydrogen-bond acceptors (Lipinski definition) is 2. The van der Waals surface area contributed by atoms with Crippen molar-refractivity contribution in [1.29, 1.82) is 0 Å². The minimum absolute atomic E-state index is 0.194. The van der Waals surface area contributed by atoms with Crippen LogP contribution in [0.5, 0.6) is 0 Å². The van der Waals surface area contributed by atoms with E-state index in [2.05, 4.69) is 12.3 Å². The van der Waals surface area contributed by atoms with Crippen molar-refractivity contribution in [2.45, 2.75) is 0 Å². The molecule has 0 heterocycles. The third kappa shape index (κ3) is 1.77. The van der Waals surface area contributed by atoms with Crippen LogP contribution >= 0.6 is 0 Å². The van der Waals surface area contributed by atoms with Crippen molar-refractivity contribution >= 4 is 6.03 Å². The number of primary amides is 1. The van der Waals surface area contributed by atoms with Gasteiger partial charge in [-0.1, -0.05) is 6.58 Å². The average Bonchev–Trinajstić information content (AvgIpc) is 1.65. The molecule has 0 unspecified atom stereocenters. The number of nitrogens with two attached hydrogens (primary N) is 1. The molecule has 0 aliphatic rings. The number of carbonyl (C=O) groups excluding carboxylic acids is 1. The van der Waals surface area contributed by atoms with E-state index in [0.717, 1.165) is 6.20 Å². The maximum absolute atomic E-state index is 9.76. The molecule has 0 aromatic rings. The molecular weight excluding hydrogens is 96.0 g/mol. The predicted octanol–water partition coefficient (Wildman–Crippen LogP) is -0.100. The molecule has 0 aromatic carbocycles. The van der Waals surface area contributed by atoms with E-state index in [0.29, 0.717) is 0 Å². The quantitative estimate of drug-likeness (QED) is 0.358. The molecule has 0 aliphatic carbocycles. The number of hydrogen-bond donors (Lipinski definition) is 2. The summed E-state index contributed by atoms with van der Waals surface area (Å²) in [7, 11) is 0. The Labute approximate surface area is 40.8 Å². The van der Waals surface area contributed by atoms with Crippen LogP contribution < -0.4 is 5.73 Å². The van der Waals surface area contributed by atoms with Gasteiger partial charge in [0.05, 0.1) is 0 Å². The first-order valence-corrected chi connectivity index (χ1v) is 1.58. The summed E-state index contributed by atoms with van der Waals surface area (Å²) in [6, 6.07) is -0.935. The molecule has 0 saturated heterocycles. The fourth-order valence-electron chi connectivity index (χ4n) is 0.0900. The molecule has 2 amide bonds. The molecule has 0 aliphatic heterocycles. The summed E-state index contributed by atoms with van der Waals surface area (Å²) in [5.41, 5.74) is 4.51. The molecular formula is C3H6N2O2. The summed E-state index contributed by atoms with van der Waals surface area (Å²) in [6.45, 7) is 3.06. The lowest BCUT2D eigenvalue weighted by molar-refractivity contribution is 0.00818. The average molecular weight is 102 g/mol. The van der Waals surface area contributed by atoms with Crippen molar-refractivity contribution in [3.05, 3.63) is 12.8 Å². The van der Waals surface area contributed by atoms with Gasteiger partial charge in [0.1, 0.15) is 0 Å². The van der Waals surface area contributed by atoms with E-state index in [-0.39, 0.29) is 5.06 Å². The Morgan fingerprint density at radius 2 is 2.43 bits per heavy atom. The zero-order chi connectivity index (χ0) is 5.86. The van der Waals surface area contributed by atoms with Gasteiger partial charge in [-0.2, -0.15) is 5.06 Å². The Hall–Kier alpha value is -1.03. The van der Waals surface area contributed by atoms with E-state index in [9.17, 15) is 4.79 Å². The highest BCUT2D eigenvalue weighted by Gasteiger charge is 1.94. The van der Waals surface area contributed by atoms with Crippen LogP contribution in [0.15, 0.2) is 12.8 Å². The van der Waals surface area contributed by atoms with Crippen LogP contribution in [0, 0.1) is 0 Å². The van der Waals surface area contributed by atoms with Gasteiger partial charge >= 0.3 is 6.03 Å². The minimum Gasteiger partial charge on any atom is -0.349 e. The Balaban J connectivity index is 3.55. The van der Waals surface area contributed by atoms with Crippen LogP contribution in [0.1, 0.15) is 0 Å². The van der Waals surface area contributed by atoms with Crippen LogP contribution in [0.2, 0.25) is 0 Å². The first kappa shape index (κ1) is 5.97. The normalized spacial score (nSPS) is 7.57. The van der Waals surface area contributed by atoms with Gasteiger partial charge in [-0.25, -0.2) is 4.79 Å². The molecule has 3 N–H and O–H groups in total. The Morgan fingerprint density at radius 3 is 2.43 bits per heavy atom. The highest BCUT2D eigenvalue weighted by molar-refractivity contribution is 5.71. The zero-order valence-electron chi connectivity index (χ0n) is 3.66. The van der Waals surface area contributed by atoms with Gasteiger partial charge in [0.2, 0.25) is 0 Å². The molecule has 0 saturated carbocycles. The summed E-state index contributed by atoms with van der Waals surface area (Å²) in [5, 5.41) is 8.37. The summed E-state index contributed by atoms with van der Waals surface area (Å²) < 4.78 is 0. The van der Waals surface area contributed by atoms with Gasteiger partial charge in [-0.3, -0.25) is 5.21 Å². The van der Waals surface area contributed by atoms with Gasteiger partial charge in [0, 0.05) is 6.20 Å². The third-order valence-corrected chi connectivity index (χ3v) is 0.399. The molecule has 40 valence electrons. The van der Waals surface area contributed by atoms with Crippen LogP contribution in [0.4, 0.5) is 4.79 Å². The topological polar surface area (TPSA) is 66.6 Å². The smallest absolute Gasteiger partial charge is 0.342 e. The monoisotopic (exact) mass is 102 g/mol. The van der Waals surface area contributed by atoms with E-state index in [1.807, 2.05) is 0 Å². The van der Waals surface area contributed by atoms with E-state index in [4.69, 9.17) is 5.21 Å². The molecule has 0 bridgehead atoms. The van der Waals surface area contributed by atoms with E-state index in [1.54, 1.807) is 0 Å². The molecule has 0 atom stereocenters. The number of carbonyl (C=O) groups is 1. The Morgan fingerprint density at radius 1 is 2.00 bits per heavy atom. The Bertz CT molecular complexity index is 90.9. The van der Waals surface area contributed by atoms with Crippen molar-refractivity contribution in [2.75, 3.05) is 0 Å². The SMILES string of the molecule is C=CN(O)C(N)=O. The van der Waals surface area contributed by atoms with Crippen molar-refractivity contribution in [2.24, 2.45) is 5.73 Å². The summed E-state index contributed by atoms with van der Waals surface area (Å²) in [6.07, 6.45) is 0.905. The Kier molecular flexibility index (Phi) is 1.87. The molecule has 4 heteroatoms. The zero-order valence-corrected chi connectivity index (χ0v) is 3.66. The highest BCUT2D eigenvalue weighted by atomic mass is 16.5. The molecule has 4 nitrogen and oxygen atoms in total. The highest BCUT2D eigenvalue weighted by Crippen LogP contribution is 1.75. The second-order valence-corrected chi connectivity index (χ2v) is 0.865. The van der Waals surface area contributed by atoms with Crippen molar-refractivity contribution in [3.8, 4) is 0 Å². The van der Waals surface area contributed by atoms with Crippen LogP contribution in [0.3, 0.4) is 0 Å². The molecule has 0 radical (unpaired) electrons. The largest absolute Gasteiger partial charge is 0.349 e. The minimum atomic E-state index is -0.935. The second-order valence-electron chi connectivity index (χ2n) is 0.865. The van der Waals surface area contributed by atoms with E-state index >= 15 is 0 Å². The van der Waals surface area contributed by atoms with Gasteiger partial charge in [0.15, 0.2) is 0 Å². The number of rotatable bonds is 1. The molecule has 0 aromatic heterocycles. The summed E-state index contributed by atoms with van der Waals surface area (Å²) >= 11 is 0. The number of urea groups is 1. The predicted molar refractivity (Wildman–Crippen MR) is 23.4 cm³/mol. The molecule has 0 fully saturated rings. The van der Waals surface area contributed by atoms with Gasteiger partial charge < -0.3 is 5.73 Å². The van der Waals surface area contributed by atoms with Crippen molar-refractivity contribution in [1.82, 2.24) is 5.06 Å². The number of hydroxylamine groups is 2. The fourth-order valence-corrected chi connectivity index (χ4v) is 0.0900. The lowest BCUT2D eigenvalue weighted by Gasteiger charge is -2.01. The first-order chi connectivity index (χ1) is 3.18. The lowest BCUT2D eigenvalue weighted by atomic mass is 10.9. The molecule has 0 rings (SSSR count). The van der Waals surface area contributed by atoms with Gasteiger partial charge in [-0.15, -0.1) is 0 Å².